The van der Waals surface area contributed by atoms with Crippen molar-refractivity contribution in [3.8, 4) is 0 Å². The average molecular weight is 433 g/mol. The van der Waals surface area contributed by atoms with E-state index in [1.165, 1.54) is 49.5 Å². The fraction of sp³-hybridized carbons (Fsp3) is 0.0952. The zero-order chi connectivity index (χ0) is 21.2. The maximum atomic E-state index is 13.9. The minimum atomic E-state index is -3.93. The molecule has 0 fully saturated rings. The summed E-state index contributed by atoms with van der Waals surface area (Å²) in [4.78, 5) is 12.5. The van der Waals surface area contributed by atoms with Crippen molar-refractivity contribution < 1.29 is 17.6 Å². The minimum Gasteiger partial charge on any atom is -0.319 e. The van der Waals surface area contributed by atoms with E-state index in [9.17, 15) is 17.6 Å². The highest BCUT2D eigenvalue weighted by atomic mass is 35.5. The van der Waals surface area contributed by atoms with E-state index in [0.29, 0.717) is 10.7 Å². The topological polar surface area (TPSA) is 66.5 Å². The summed E-state index contributed by atoms with van der Waals surface area (Å²) in [6.07, 6.45) is 0. The molecule has 0 spiro atoms. The Balaban J connectivity index is 1.90. The van der Waals surface area contributed by atoms with Gasteiger partial charge in [-0.25, -0.2) is 12.8 Å². The molecular weight excluding hydrogens is 415 g/mol. The van der Waals surface area contributed by atoms with E-state index in [0.717, 1.165) is 9.87 Å². The van der Waals surface area contributed by atoms with Crippen LogP contribution in [0.2, 0.25) is 5.02 Å². The van der Waals surface area contributed by atoms with Crippen molar-refractivity contribution in [2.75, 3.05) is 16.7 Å². The number of carbonyl (C=O) groups excluding carboxylic acids is 1. The Morgan fingerprint density at radius 3 is 2.48 bits per heavy atom. The molecule has 5 nitrogen and oxygen atoms in total. The van der Waals surface area contributed by atoms with Crippen LogP contribution in [-0.2, 0) is 10.0 Å². The molecule has 0 aliphatic heterocycles. The van der Waals surface area contributed by atoms with Crippen molar-refractivity contribution in [2.45, 2.75) is 11.8 Å². The molecule has 0 aromatic heterocycles. The molecular formula is C21H18ClFN2O3S. The summed E-state index contributed by atoms with van der Waals surface area (Å²) in [5.41, 5.74) is 1.28. The monoisotopic (exact) mass is 432 g/mol. The van der Waals surface area contributed by atoms with Crippen molar-refractivity contribution >= 4 is 38.9 Å². The molecule has 3 aromatic rings. The zero-order valence-electron chi connectivity index (χ0n) is 15.7. The van der Waals surface area contributed by atoms with Gasteiger partial charge in [0.05, 0.1) is 16.3 Å². The third-order valence-corrected chi connectivity index (χ3v) is 6.31. The van der Waals surface area contributed by atoms with Gasteiger partial charge in [-0.2, -0.15) is 0 Å². The second kappa shape index (κ2) is 8.23. The highest BCUT2D eigenvalue weighted by Gasteiger charge is 2.23. The van der Waals surface area contributed by atoms with E-state index in [4.69, 9.17) is 11.6 Å². The third-order valence-electron chi connectivity index (χ3n) is 4.30. The van der Waals surface area contributed by atoms with Crippen LogP contribution in [0.1, 0.15) is 15.9 Å². The second-order valence-electron chi connectivity index (χ2n) is 6.42. The van der Waals surface area contributed by atoms with Crippen LogP contribution >= 0.6 is 11.6 Å². The van der Waals surface area contributed by atoms with Crippen LogP contribution in [0.4, 0.5) is 15.8 Å². The SMILES string of the molecule is Cc1ccc(F)c(NC(=O)c2cccc(S(=O)(=O)N(C)c3cccc(Cl)c3)c2)c1. The van der Waals surface area contributed by atoms with Crippen LogP contribution < -0.4 is 9.62 Å². The number of carbonyl (C=O) groups is 1. The summed E-state index contributed by atoms with van der Waals surface area (Å²) in [6.45, 7) is 1.77. The molecule has 1 N–H and O–H groups in total. The fourth-order valence-corrected chi connectivity index (χ4v) is 4.11. The number of rotatable bonds is 5. The molecule has 0 aliphatic carbocycles. The smallest absolute Gasteiger partial charge is 0.264 e. The first-order chi connectivity index (χ1) is 13.7. The van der Waals surface area contributed by atoms with E-state index < -0.39 is 21.7 Å². The first-order valence-corrected chi connectivity index (χ1v) is 10.4. The van der Waals surface area contributed by atoms with Gasteiger partial charge in [0.15, 0.2) is 0 Å². The zero-order valence-corrected chi connectivity index (χ0v) is 17.3. The molecule has 0 radical (unpaired) electrons. The van der Waals surface area contributed by atoms with Gasteiger partial charge >= 0.3 is 0 Å². The van der Waals surface area contributed by atoms with E-state index in [2.05, 4.69) is 5.32 Å². The summed E-state index contributed by atoms with van der Waals surface area (Å²) in [5.74, 6) is -1.19. The largest absolute Gasteiger partial charge is 0.319 e. The van der Waals surface area contributed by atoms with E-state index in [1.54, 1.807) is 31.2 Å². The lowest BCUT2D eigenvalue weighted by molar-refractivity contribution is 0.102. The Morgan fingerprint density at radius 2 is 1.76 bits per heavy atom. The summed E-state index contributed by atoms with van der Waals surface area (Å²) >= 11 is 5.95. The maximum Gasteiger partial charge on any atom is 0.264 e. The van der Waals surface area contributed by atoms with Gasteiger partial charge < -0.3 is 5.32 Å². The molecule has 0 atom stereocenters. The normalized spacial score (nSPS) is 11.2. The van der Waals surface area contributed by atoms with Crippen LogP contribution in [0.15, 0.2) is 71.6 Å². The Labute approximate surface area is 173 Å². The summed E-state index contributed by atoms with van der Waals surface area (Å²) in [5, 5.41) is 2.88. The quantitative estimate of drug-likeness (QED) is 0.625. The van der Waals surface area contributed by atoms with Gasteiger partial charge in [0.25, 0.3) is 15.9 Å². The van der Waals surface area contributed by atoms with Gasteiger partial charge in [-0.15, -0.1) is 0 Å². The van der Waals surface area contributed by atoms with Crippen LogP contribution in [0, 0.1) is 12.7 Å². The first kappa shape index (κ1) is 20.8. The highest BCUT2D eigenvalue weighted by Crippen LogP contribution is 2.25. The van der Waals surface area contributed by atoms with Gasteiger partial charge in [0, 0.05) is 17.6 Å². The van der Waals surface area contributed by atoms with Crippen molar-refractivity contribution in [2.24, 2.45) is 0 Å². The van der Waals surface area contributed by atoms with Crippen molar-refractivity contribution in [1.29, 1.82) is 0 Å². The van der Waals surface area contributed by atoms with Crippen molar-refractivity contribution in [3.05, 3.63) is 88.7 Å². The predicted molar refractivity (Wildman–Crippen MR) is 113 cm³/mol. The number of amides is 1. The summed E-state index contributed by atoms with van der Waals surface area (Å²) in [6, 6.07) is 16.3. The molecule has 150 valence electrons. The van der Waals surface area contributed by atoms with Gasteiger partial charge in [-0.1, -0.05) is 29.8 Å². The fourth-order valence-electron chi connectivity index (χ4n) is 2.70. The van der Waals surface area contributed by atoms with E-state index in [1.807, 2.05) is 0 Å². The van der Waals surface area contributed by atoms with Crippen LogP contribution in [0.25, 0.3) is 0 Å². The van der Waals surface area contributed by atoms with Gasteiger partial charge in [0.2, 0.25) is 0 Å². The number of benzene rings is 3. The predicted octanol–water partition coefficient (Wildman–Crippen LogP) is 4.86. The number of nitrogens with zero attached hydrogens (tertiary/aromatic N) is 1. The minimum absolute atomic E-state index is 0.0271. The molecule has 0 heterocycles. The molecule has 0 saturated carbocycles. The van der Waals surface area contributed by atoms with Crippen LogP contribution in [0.3, 0.4) is 0 Å². The highest BCUT2D eigenvalue weighted by molar-refractivity contribution is 7.92. The molecule has 0 unspecified atom stereocenters. The molecule has 29 heavy (non-hydrogen) atoms. The van der Waals surface area contributed by atoms with Crippen LogP contribution in [0.5, 0.6) is 0 Å². The van der Waals surface area contributed by atoms with E-state index in [-0.39, 0.29) is 16.1 Å². The number of anilines is 2. The molecule has 0 bridgehead atoms. The number of aryl methyl sites for hydroxylation is 1. The summed E-state index contributed by atoms with van der Waals surface area (Å²) < 4.78 is 40.9. The number of halogens is 2. The lowest BCUT2D eigenvalue weighted by Crippen LogP contribution is -2.27. The van der Waals surface area contributed by atoms with Gasteiger partial charge in [0.1, 0.15) is 5.82 Å². The number of hydrogen-bond acceptors (Lipinski definition) is 3. The average Bonchev–Trinajstić information content (AvgIpc) is 2.70. The van der Waals surface area contributed by atoms with Gasteiger partial charge in [-0.05, 0) is 61.0 Å². The maximum absolute atomic E-state index is 13.9. The van der Waals surface area contributed by atoms with Crippen LogP contribution in [-0.4, -0.2) is 21.4 Å². The lowest BCUT2D eigenvalue weighted by atomic mass is 10.2. The molecule has 3 rings (SSSR count). The Morgan fingerprint density at radius 1 is 1.03 bits per heavy atom. The number of sulfonamides is 1. The standard InChI is InChI=1S/C21H18ClFN2O3S/c1-14-9-10-19(23)20(11-14)24-21(26)15-5-3-8-18(12-15)29(27,28)25(2)17-7-4-6-16(22)13-17/h3-13H,1-2H3,(H,24,26). The Kier molecular flexibility index (Phi) is 5.91. The Hall–Kier alpha value is -2.90. The van der Waals surface area contributed by atoms with E-state index >= 15 is 0 Å². The second-order valence-corrected chi connectivity index (χ2v) is 8.82. The molecule has 0 aliphatic rings. The molecule has 3 aromatic carbocycles. The third kappa shape index (κ3) is 4.58. The molecule has 1 amide bonds. The lowest BCUT2D eigenvalue weighted by Gasteiger charge is -2.20. The summed E-state index contributed by atoms with van der Waals surface area (Å²) in [7, 11) is -2.53. The first-order valence-electron chi connectivity index (χ1n) is 8.60. The molecule has 8 heteroatoms. The van der Waals surface area contributed by atoms with Crippen molar-refractivity contribution in [1.82, 2.24) is 0 Å². The number of hydrogen-bond donors (Lipinski definition) is 1. The number of nitrogens with one attached hydrogen (secondary N) is 1. The van der Waals surface area contributed by atoms with Crippen molar-refractivity contribution in [3.63, 3.8) is 0 Å². The van der Waals surface area contributed by atoms with Gasteiger partial charge in [-0.3, -0.25) is 9.10 Å². The molecule has 0 saturated heterocycles. The Bertz CT molecular complexity index is 1180.